The average Bonchev–Trinajstić information content (AvgIpc) is 2.61. The van der Waals surface area contributed by atoms with Crippen molar-refractivity contribution in [1.29, 1.82) is 0 Å². The van der Waals surface area contributed by atoms with E-state index in [1.807, 2.05) is 0 Å². The summed E-state index contributed by atoms with van der Waals surface area (Å²) in [5.74, 6) is -1.29. The molecule has 1 rings (SSSR count). The lowest BCUT2D eigenvalue weighted by atomic mass is 10.2. The van der Waals surface area contributed by atoms with Crippen molar-refractivity contribution in [3.63, 3.8) is 0 Å². The number of amides is 1. The number of Topliss-reactive ketones (excluding diaryl/α,β-unsaturated/α-hetero) is 2. The summed E-state index contributed by atoms with van der Waals surface area (Å²) in [5.41, 5.74) is -0.554. The molecule has 0 bridgehead atoms. The zero-order chi connectivity index (χ0) is 21.0. The van der Waals surface area contributed by atoms with Crippen molar-refractivity contribution in [2.24, 2.45) is 0 Å². The van der Waals surface area contributed by atoms with Gasteiger partial charge in [0.25, 0.3) is 0 Å². The maximum Gasteiger partial charge on any atom is 0.416 e. The number of hydrogen-bond acceptors (Lipinski definition) is 5. The zero-order valence-electron chi connectivity index (χ0n) is 15.3. The molecule has 0 radical (unpaired) electrons. The van der Waals surface area contributed by atoms with E-state index in [9.17, 15) is 32.3 Å². The van der Waals surface area contributed by atoms with Crippen LogP contribution in [0.3, 0.4) is 0 Å². The van der Waals surface area contributed by atoms with Crippen LogP contribution in [0, 0.1) is 0 Å². The Morgan fingerprint density at radius 3 is 1.81 bits per heavy atom. The van der Waals surface area contributed by atoms with Crippen LogP contribution in [0.4, 0.5) is 18.9 Å². The summed E-state index contributed by atoms with van der Waals surface area (Å²) in [6.45, 7) is 3.35. The second-order valence-electron chi connectivity index (χ2n) is 5.34. The standard InChI is InChI=1S/C12H12F3NO2.C6H10O3/c1-2-10(17)7-11(18)16-9-5-3-8(4-6-9)12(13,14)15;1-3-5(7)4-6(8)9-2/h3-6H,2,7H2,1H3,(H,16,18);3-4H2,1-2H3. The minimum absolute atomic E-state index is 0.0816. The third-order valence-electron chi connectivity index (χ3n) is 3.21. The predicted octanol–water partition coefficient (Wildman–Crippen LogP) is 3.54. The van der Waals surface area contributed by atoms with Crippen molar-refractivity contribution in [2.45, 2.75) is 45.7 Å². The molecular weight excluding hydrogens is 367 g/mol. The van der Waals surface area contributed by atoms with Crippen LogP contribution >= 0.6 is 0 Å². The van der Waals surface area contributed by atoms with Gasteiger partial charge in [0.15, 0.2) is 0 Å². The fraction of sp³-hybridized carbons (Fsp3) is 0.444. The molecular formula is C18H22F3NO5. The Balaban J connectivity index is 0.000000636. The second-order valence-corrected chi connectivity index (χ2v) is 5.34. The second kappa shape index (κ2) is 11.8. The number of benzene rings is 1. The van der Waals surface area contributed by atoms with Crippen molar-refractivity contribution in [3.05, 3.63) is 29.8 Å². The number of halogens is 3. The minimum atomic E-state index is -4.40. The van der Waals surface area contributed by atoms with E-state index in [1.54, 1.807) is 13.8 Å². The van der Waals surface area contributed by atoms with Crippen LogP contribution in [0.25, 0.3) is 0 Å². The number of alkyl halides is 3. The molecule has 9 heteroatoms. The first-order chi connectivity index (χ1) is 12.5. The third-order valence-corrected chi connectivity index (χ3v) is 3.21. The van der Waals surface area contributed by atoms with E-state index in [-0.39, 0.29) is 36.5 Å². The Kier molecular flexibility index (Phi) is 10.6. The molecule has 0 fully saturated rings. The van der Waals surface area contributed by atoms with Gasteiger partial charge in [-0.25, -0.2) is 0 Å². The van der Waals surface area contributed by atoms with Gasteiger partial charge in [0.05, 0.1) is 19.1 Å². The van der Waals surface area contributed by atoms with Crippen LogP contribution in [0.1, 0.15) is 45.1 Å². The van der Waals surface area contributed by atoms with E-state index in [1.165, 1.54) is 7.11 Å². The van der Waals surface area contributed by atoms with Gasteiger partial charge in [-0.05, 0) is 24.3 Å². The van der Waals surface area contributed by atoms with E-state index in [2.05, 4.69) is 10.1 Å². The van der Waals surface area contributed by atoms with E-state index in [4.69, 9.17) is 0 Å². The summed E-state index contributed by atoms with van der Waals surface area (Å²) < 4.78 is 41.1. The fourth-order valence-electron chi connectivity index (χ4n) is 1.61. The summed E-state index contributed by atoms with van der Waals surface area (Å²) in [5, 5.41) is 2.36. The summed E-state index contributed by atoms with van der Waals surface area (Å²) in [4.78, 5) is 43.1. The molecule has 0 aliphatic heterocycles. The van der Waals surface area contributed by atoms with E-state index in [0.717, 1.165) is 24.3 Å². The predicted molar refractivity (Wildman–Crippen MR) is 91.9 cm³/mol. The summed E-state index contributed by atoms with van der Waals surface area (Å²) in [6.07, 6.45) is -4.11. The first-order valence-electron chi connectivity index (χ1n) is 8.10. The van der Waals surface area contributed by atoms with Crippen LogP contribution in [0.15, 0.2) is 24.3 Å². The number of ketones is 2. The van der Waals surface area contributed by atoms with Crippen LogP contribution in [0.2, 0.25) is 0 Å². The lowest BCUT2D eigenvalue weighted by Crippen LogP contribution is -2.16. The molecule has 0 aliphatic carbocycles. The highest BCUT2D eigenvalue weighted by Gasteiger charge is 2.29. The van der Waals surface area contributed by atoms with Gasteiger partial charge in [0, 0.05) is 18.5 Å². The molecule has 0 saturated carbocycles. The molecule has 1 aromatic rings. The molecule has 0 heterocycles. The third kappa shape index (κ3) is 10.8. The lowest BCUT2D eigenvalue weighted by Gasteiger charge is -2.08. The van der Waals surface area contributed by atoms with Crippen molar-refractivity contribution in [3.8, 4) is 0 Å². The van der Waals surface area contributed by atoms with Crippen LogP contribution in [-0.4, -0.2) is 30.6 Å². The summed E-state index contributed by atoms with van der Waals surface area (Å²) in [6, 6.07) is 4.04. The first kappa shape index (κ1) is 24.3. The molecule has 0 spiro atoms. The van der Waals surface area contributed by atoms with E-state index in [0.29, 0.717) is 6.42 Å². The molecule has 150 valence electrons. The van der Waals surface area contributed by atoms with Crippen LogP contribution < -0.4 is 5.32 Å². The quantitative estimate of drug-likeness (QED) is 0.569. The van der Waals surface area contributed by atoms with Crippen molar-refractivity contribution >= 4 is 29.1 Å². The molecule has 0 atom stereocenters. The molecule has 1 aromatic carbocycles. The van der Waals surface area contributed by atoms with Crippen molar-refractivity contribution in [1.82, 2.24) is 0 Å². The van der Waals surface area contributed by atoms with Crippen LogP contribution in [-0.2, 0) is 30.1 Å². The minimum Gasteiger partial charge on any atom is -0.469 e. The highest BCUT2D eigenvalue weighted by molar-refractivity contribution is 6.04. The molecule has 27 heavy (non-hydrogen) atoms. The van der Waals surface area contributed by atoms with Gasteiger partial charge >= 0.3 is 12.1 Å². The molecule has 1 amide bonds. The van der Waals surface area contributed by atoms with Gasteiger partial charge in [-0.3, -0.25) is 19.2 Å². The van der Waals surface area contributed by atoms with Gasteiger partial charge in [-0.15, -0.1) is 0 Å². The van der Waals surface area contributed by atoms with Gasteiger partial charge in [-0.1, -0.05) is 13.8 Å². The number of nitrogens with one attached hydrogen (secondary N) is 1. The highest BCUT2D eigenvalue weighted by atomic mass is 19.4. The summed E-state index contributed by atoms with van der Waals surface area (Å²) >= 11 is 0. The van der Waals surface area contributed by atoms with Gasteiger partial charge in [0.2, 0.25) is 5.91 Å². The number of rotatable bonds is 7. The SMILES string of the molecule is CCC(=O)CC(=O)Nc1ccc(C(F)(F)F)cc1.CCC(=O)CC(=O)OC. The molecule has 0 saturated heterocycles. The molecule has 0 aromatic heterocycles. The Hall–Kier alpha value is -2.71. The Morgan fingerprint density at radius 1 is 0.926 bits per heavy atom. The highest BCUT2D eigenvalue weighted by Crippen LogP contribution is 2.29. The number of methoxy groups -OCH3 is 1. The first-order valence-corrected chi connectivity index (χ1v) is 8.10. The molecule has 6 nitrogen and oxygen atoms in total. The molecule has 0 unspecified atom stereocenters. The fourth-order valence-corrected chi connectivity index (χ4v) is 1.61. The smallest absolute Gasteiger partial charge is 0.416 e. The molecule has 1 N–H and O–H groups in total. The zero-order valence-corrected chi connectivity index (χ0v) is 15.3. The van der Waals surface area contributed by atoms with Crippen LogP contribution in [0.5, 0.6) is 0 Å². The number of ether oxygens (including phenoxy) is 1. The van der Waals surface area contributed by atoms with Gasteiger partial charge < -0.3 is 10.1 Å². The lowest BCUT2D eigenvalue weighted by molar-refractivity contribution is -0.143. The average molecular weight is 389 g/mol. The van der Waals surface area contributed by atoms with Crippen molar-refractivity contribution < 1.29 is 37.1 Å². The topological polar surface area (TPSA) is 89.5 Å². The van der Waals surface area contributed by atoms with Gasteiger partial charge in [-0.2, -0.15) is 13.2 Å². The Morgan fingerprint density at radius 2 is 1.41 bits per heavy atom. The maximum atomic E-state index is 12.3. The number of hydrogen-bond donors (Lipinski definition) is 1. The monoisotopic (exact) mass is 389 g/mol. The Bertz CT molecular complexity index is 640. The number of carbonyl (C=O) groups is 4. The largest absolute Gasteiger partial charge is 0.469 e. The normalized spacial score (nSPS) is 10.3. The number of esters is 1. The van der Waals surface area contributed by atoms with E-state index < -0.39 is 23.6 Å². The number of anilines is 1. The number of carbonyl (C=O) groups excluding carboxylic acids is 4. The molecule has 0 aliphatic rings. The van der Waals surface area contributed by atoms with Crippen molar-refractivity contribution in [2.75, 3.05) is 12.4 Å². The maximum absolute atomic E-state index is 12.3. The van der Waals surface area contributed by atoms with Gasteiger partial charge in [0.1, 0.15) is 18.0 Å². The summed E-state index contributed by atoms with van der Waals surface area (Å²) in [7, 11) is 1.27. The Labute approximate surface area is 155 Å². The van der Waals surface area contributed by atoms with E-state index >= 15 is 0 Å².